The lowest BCUT2D eigenvalue weighted by atomic mass is 10.1. The summed E-state index contributed by atoms with van der Waals surface area (Å²) >= 11 is 0. The van der Waals surface area contributed by atoms with E-state index in [1.54, 1.807) is 12.0 Å². The van der Waals surface area contributed by atoms with Gasteiger partial charge in [0.1, 0.15) is 0 Å². The number of rotatable bonds is 6. The van der Waals surface area contributed by atoms with Gasteiger partial charge in [0.2, 0.25) is 11.9 Å². The second kappa shape index (κ2) is 5.81. The molecule has 1 heterocycles. The summed E-state index contributed by atoms with van der Waals surface area (Å²) in [5.41, 5.74) is 5.35. The molecule has 0 bridgehead atoms. The van der Waals surface area contributed by atoms with Gasteiger partial charge in [-0.3, -0.25) is 0 Å². The Bertz CT molecular complexity index is 395. The molecule has 0 fully saturated rings. The lowest BCUT2D eigenvalue weighted by Gasteiger charge is -2.22. The molecule has 2 N–H and O–H groups in total. The molecule has 1 aromatic heterocycles. The molecule has 0 aliphatic carbocycles. The first kappa shape index (κ1) is 14.4. The lowest BCUT2D eigenvalue weighted by molar-refractivity contribution is 0.00468. The number of anilines is 2. The number of nitrogens with zero attached hydrogens (tertiary/aromatic N) is 4. The van der Waals surface area contributed by atoms with Crippen molar-refractivity contribution in [2.45, 2.75) is 25.9 Å². The van der Waals surface area contributed by atoms with E-state index >= 15 is 0 Å². The van der Waals surface area contributed by atoms with E-state index in [2.05, 4.69) is 15.0 Å². The molecule has 0 unspecified atom stereocenters. The quantitative estimate of drug-likeness (QED) is 0.801. The van der Waals surface area contributed by atoms with E-state index in [0.29, 0.717) is 12.6 Å². The Balaban J connectivity index is 2.62. The molecule has 0 aliphatic rings. The van der Waals surface area contributed by atoms with Crippen LogP contribution >= 0.6 is 0 Å². The van der Waals surface area contributed by atoms with Crippen molar-refractivity contribution < 1.29 is 9.47 Å². The zero-order valence-electron chi connectivity index (χ0n) is 11.6. The molecule has 0 atom stereocenters. The molecule has 0 aromatic carbocycles. The molecule has 0 saturated carbocycles. The third-order valence-electron chi connectivity index (χ3n) is 2.51. The third-order valence-corrected chi connectivity index (χ3v) is 2.51. The number of aromatic nitrogens is 3. The Kier molecular flexibility index (Phi) is 4.66. The fourth-order valence-corrected chi connectivity index (χ4v) is 1.12. The van der Waals surface area contributed by atoms with Gasteiger partial charge in [-0.15, -0.1) is 0 Å². The Hall–Kier alpha value is -1.63. The highest BCUT2D eigenvalue weighted by molar-refractivity contribution is 5.33. The van der Waals surface area contributed by atoms with Gasteiger partial charge in [0.05, 0.1) is 12.2 Å². The first-order valence-electron chi connectivity index (χ1n) is 5.71. The topological polar surface area (TPSA) is 86.4 Å². The molecule has 0 spiro atoms. The van der Waals surface area contributed by atoms with Crippen molar-refractivity contribution in [3.63, 3.8) is 0 Å². The molecule has 0 saturated heterocycles. The van der Waals surface area contributed by atoms with Crippen molar-refractivity contribution in [1.29, 1.82) is 0 Å². The monoisotopic (exact) mass is 255 g/mol. The molecule has 0 radical (unpaired) electrons. The van der Waals surface area contributed by atoms with Crippen LogP contribution in [-0.2, 0) is 4.74 Å². The van der Waals surface area contributed by atoms with Gasteiger partial charge in [-0.05, 0) is 13.8 Å². The predicted octanol–water partition coefficient (Wildman–Crippen LogP) is 0.714. The fraction of sp³-hybridized carbons (Fsp3) is 0.727. The maximum absolute atomic E-state index is 5.59. The Labute approximate surface area is 107 Å². The van der Waals surface area contributed by atoms with Crippen LogP contribution in [0.4, 0.5) is 11.9 Å². The third kappa shape index (κ3) is 4.33. The summed E-state index contributed by atoms with van der Waals surface area (Å²) in [6.45, 7) is 4.43. The minimum atomic E-state index is -0.233. The van der Waals surface area contributed by atoms with Crippen LogP contribution in [0.3, 0.4) is 0 Å². The van der Waals surface area contributed by atoms with Crippen molar-refractivity contribution >= 4 is 11.9 Å². The summed E-state index contributed by atoms with van der Waals surface area (Å²) in [7, 11) is 5.32. The minimum Gasteiger partial charge on any atom is -0.463 e. The van der Waals surface area contributed by atoms with Crippen LogP contribution in [0.1, 0.15) is 20.3 Å². The Morgan fingerprint density at radius 2 is 1.89 bits per heavy atom. The van der Waals surface area contributed by atoms with Crippen LogP contribution in [-0.4, -0.2) is 48.4 Å². The summed E-state index contributed by atoms with van der Waals surface area (Å²) in [6.07, 6.45) is 0.729. The molecule has 18 heavy (non-hydrogen) atoms. The molecule has 1 rings (SSSR count). The van der Waals surface area contributed by atoms with Crippen molar-refractivity contribution in [2.75, 3.05) is 38.4 Å². The van der Waals surface area contributed by atoms with E-state index in [1.165, 1.54) is 0 Å². The van der Waals surface area contributed by atoms with Gasteiger partial charge in [-0.1, -0.05) is 0 Å². The Morgan fingerprint density at radius 3 is 2.44 bits per heavy atom. The number of nitrogens with two attached hydrogens (primary N) is 1. The van der Waals surface area contributed by atoms with Crippen molar-refractivity contribution in [3.05, 3.63) is 0 Å². The largest absolute Gasteiger partial charge is 0.463 e. The number of nitrogen functional groups attached to an aromatic ring is 1. The predicted molar refractivity (Wildman–Crippen MR) is 69.8 cm³/mol. The van der Waals surface area contributed by atoms with E-state index in [1.807, 2.05) is 27.9 Å². The average molecular weight is 255 g/mol. The highest BCUT2D eigenvalue weighted by Crippen LogP contribution is 2.15. The van der Waals surface area contributed by atoms with Gasteiger partial charge in [-0.2, -0.15) is 15.0 Å². The number of hydrogen-bond acceptors (Lipinski definition) is 7. The first-order chi connectivity index (χ1) is 8.34. The average Bonchev–Trinajstić information content (AvgIpc) is 2.28. The van der Waals surface area contributed by atoms with Crippen molar-refractivity contribution in [1.82, 2.24) is 15.0 Å². The summed E-state index contributed by atoms with van der Waals surface area (Å²) in [4.78, 5) is 13.8. The van der Waals surface area contributed by atoms with E-state index in [0.717, 1.165) is 6.42 Å². The van der Waals surface area contributed by atoms with Crippen LogP contribution in [0.5, 0.6) is 6.01 Å². The SMILES string of the molecule is COC(C)(C)CCOc1nc(N)nc(N(C)C)n1. The highest BCUT2D eigenvalue weighted by atomic mass is 16.5. The van der Waals surface area contributed by atoms with Gasteiger partial charge >= 0.3 is 6.01 Å². The summed E-state index contributed by atoms with van der Waals surface area (Å²) in [5.74, 6) is 0.623. The Morgan fingerprint density at radius 1 is 1.22 bits per heavy atom. The molecule has 1 aromatic rings. The lowest BCUT2D eigenvalue weighted by Crippen LogP contribution is -2.25. The van der Waals surface area contributed by atoms with Crippen LogP contribution in [0.15, 0.2) is 0 Å². The molecule has 0 aliphatic heterocycles. The van der Waals surface area contributed by atoms with Crippen LogP contribution in [0, 0.1) is 0 Å². The zero-order valence-corrected chi connectivity index (χ0v) is 11.6. The smallest absolute Gasteiger partial charge is 0.323 e. The van der Waals surface area contributed by atoms with E-state index in [-0.39, 0.29) is 17.6 Å². The molecule has 7 heteroatoms. The highest BCUT2D eigenvalue weighted by Gasteiger charge is 2.16. The van der Waals surface area contributed by atoms with Gasteiger partial charge in [0.15, 0.2) is 0 Å². The molecule has 102 valence electrons. The van der Waals surface area contributed by atoms with Gasteiger partial charge in [0, 0.05) is 27.6 Å². The maximum atomic E-state index is 5.59. The van der Waals surface area contributed by atoms with Gasteiger partial charge < -0.3 is 20.1 Å². The van der Waals surface area contributed by atoms with E-state index in [9.17, 15) is 0 Å². The second-order valence-electron chi connectivity index (χ2n) is 4.73. The standard InChI is InChI=1S/C11H21N5O2/c1-11(2,17-5)6-7-18-10-14-8(12)13-9(15-10)16(3)4/h6-7H2,1-5H3,(H2,12,13,14,15). The number of methoxy groups -OCH3 is 1. The molecular formula is C11H21N5O2. The van der Waals surface area contributed by atoms with E-state index in [4.69, 9.17) is 15.2 Å². The summed E-state index contributed by atoms with van der Waals surface area (Å²) < 4.78 is 10.8. The normalized spacial score (nSPS) is 11.4. The minimum absolute atomic E-state index is 0.148. The molecule has 7 nitrogen and oxygen atoms in total. The van der Waals surface area contributed by atoms with Crippen LogP contribution < -0.4 is 15.4 Å². The number of ether oxygens (including phenoxy) is 2. The van der Waals surface area contributed by atoms with Gasteiger partial charge in [-0.25, -0.2) is 0 Å². The van der Waals surface area contributed by atoms with Crippen LogP contribution in [0.2, 0.25) is 0 Å². The van der Waals surface area contributed by atoms with Gasteiger partial charge in [0.25, 0.3) is 0 Å². The zero-order chi connectivity index (χ0) is 13.8. The van der Waals surface area contributed by atoms with Crippen molar-refractivity contribution in [3.8, 4) is 6.01 Å². The first-order valence-corrected chi connectivity index (χ1v) is 5.71. The molecular weight excluding hydrogens is 234 g/mol. The van der Waals surface area contributed by atoms with E-state index < -0.39 is 0 Å². The van der Waals surface area contributed by atoms with Crippen LogP contribution in [0.25, 0.3) is 0 Å². The second-order valence-corrected chi connectivity index (χ2v) is 4.73. The molecule has 0 amide bonds. The maximum Gasteiger partial charge on any atom is 0.323 e. The summed E-state index contributed by atoms with van der Waals surface area (Å²) in [6, 6.07) is 0.234. The number of hydrogen-bond donors (Lipinski definition) is 1. The van der Waals surface area contributed by atoms with Crippen molar-refractivity contribution in [2.24, 2.45) is 0 Å². The summed E-state index contributed by atoms with van der Waals surface area (Å²) in [5, 5.41) is 0. The fourth-order valence-electron chi connectivity index (χ4n) is 1.12.